The minimum Gasteiger partial charge on any atom is -0.467 e. The van der Waals surface area contributed by atoms with Crippen molar-refractivity contribution in [2.45, 2.75) is 149 Å². The molecular weight excluding hydrogens is 482 g/mol. The number of unbranched alkanes of at least 4 members (excludes halogenated alkanes) is 9. The van der Waals surface area contributed by atoms with E-state index in [-0.39, 0.29) is 6.42 Å². The molecule has 7 heteroatoms. The van der Waals surface area contributed by atoms with Crippen molar-refractivity contribution in [3.05, 3.63) is 24.3 Å². The summed E-state index contributed by atoms with van der Waals surface area (Å²) in [5.74, 6) is -0.698. The van der Waals surface area contributed by atoms with E-state index in [1.165, 1.54) is 64.9 Å². The van der Waals surface area contributed by atoms with Crippen molar-refractivity contribution in [1.29, 1.82) is 0 Å². The summed E-state index contributed by atoms with van der Waals surface area (Å²) in [5, 5.41) is 0. The van der Waals surface area contributed by atoms with Gasteiger partial charge in [0.25, 0.3) is 0 Å². The van der Waals surface area contributed by atoms with E-state index in [2.05, 4.69) is 19.1 Å². The Morgan fingerprint density at radius 2 is 1.13 bits per heavy atom. The number of hydrogen-bond acceptors (Lipinski definition) is 6. The zero-order chi connectivity index (χ0) is 29.0. The molecule has 0 aromatic rings. The molecule has 0 N–H and O–H groups in total. The Balaban J connectivity index is 4.74. The number of ether oxygens (including phenoxy) is 3. The fourth-order valence-corrected chi connectivity index (χ4v) is 3.77. The number of imide groups is 1. The van der Waals surface area contributed by atoms with Gasteiger partial charge in [-0.1, -0.05) is 82.6 Å². The largest absolute Gasteiger partial charge is 0.467 e. The zero-order valence-corrected chi connectivity index (χ0v) is 25.5. The van der Waals surface area contributed by atoms with Gasteiger partial charge in [-0.2, -0.15) is 4.90 Å². The van der Waals surface area contributed by atoms with Gasteiger partial charge in [-0.3, -0.25) is 0 Å². The first kappa shape index (κ1) is 35.7. The lowest BCUT2D eigenvalue weighted by atomic mass is 10.1. The Bertz CT molecular complexity index is 702. The Morgan fingerprint density at radius 1 is 0.684 bits per heavy atom. The monoisotopic (exact) mass is 537 g/mol. The van der Waals surface area contributed by atoms with E-state index >= 15 is 0 Å². The third-order valence-corrected chi connectivity index (χ3v) is 5.65. The molecule has 220 valence electrons. The first-order valence-electron chi connectivity index (χ1n) is 14.5. The molecule has 0 aromatic heterocycles. The molecule has 2 amide bonds. The maximum absolute atomic E-state index is 12.9. The smallest absolute Gasteiger partial charge is 0.420 e. The summed E-state index contributed by atoms with van der Waals surface area (Å²) in [5.41, 5.74) is -1.70. The van der Waals surface area contributed by atoms with Gasteiger partial charge >= 0.3 is 18.2 Å². The summed E-state index contributed by atoms with van der Waals surface area (Å²) in [6.07, 6.45) is 21.0. The van der Waals surface area contributed by atoms with E-state index in [1.54, 1.807) is 41.5 Å². The first-order valence-corrected chi connectivity index (χ1v) is 14.5. The van der Waals surface area contributed by atoms with E-state index in [4.69, 9.17) is 14.2 Å². The second-order valence-electron chi connectivity index (χ2n) is 11.7. The lowest BCUT2D eigenvalue weighted by Crippen LogP contribution is -2.52. The molecule has 0 saturated heterocycles. The number of methoxy groups -OCH3 is 1. The third-order valence-electron chi connectivity index (χ3n) is 5.65. The van der Waals surface area contributed by atoms with Crippen LogP contribution in [0.15, 0.2) is 24.3 Å². The molecule has 7 nitrogen and oxygen atoms in total. The topological polar surface area (TPSA) is 82.1 Å². The summed E-state index contributed by atoms with van der Waals surface area (Å²) in [7, 11) is 1.23. The fraction of sp³-hybridized carbons (Fsp3) is 0.774. The van der Waals surface area contributed by atoms with E-state index in [0.717, 1.165) is 17.7 Å². The van der Waals surface area contributed by atoms with Gasteiger partial charge in [0, 0.05) is 0 Å². The number of hydrogen-bond donors (Lipinski definition) is 0. The molecule has 1 atom stereocenters. The van der Waals surface area contributed by atoms with Crippen LogP contribution in [0.25, 0.3) is 0 Å². The summed E-state index contributed by atoms with van der Waals surface area (Å²) < 4.78 is 15.7. The number of allylic oxidation sites excluding steroid dienone is 4. The molecule has 0 aliphatic carbocycles. The van der Waals surface area contributed by atoms with Crippen LogP contribution in [-0.4, -0.2) is 47.4 Å². The average molecular weight is 538 g/mol. The number of amides is 2. The summed E-state index contributed by atoms with van der Waals surface area (Å²) in [6.45, 7) is 12.4. The van der Waals surface area contributed by atoms with Crippen LogP contribution in [0, 0.1) is 0 Å². The lowest BCUT2D eigenvalue weighted by Gasteiger charge is -2.32. The van der Waals surface area contributed by atoms with Crippen molar-refractivity contribution < 1.29 is 28.6 Å². The van der Waals surface area contributed by atoms with Gasteiger partial charge in [-0.15, -0.1) is 0 Å². The lowest BCUT2D eigenvalue weighted by molar-refractivity contribution is -0.146. The summed E-state index contributed by atoms with van der Waals surface area (Å²) >= 11 is 0. The van der Waals surface area contributed by atoms with E-state index in [1.807, 2.05) is 12.2 Å². The van der Waals surface area contributed by atoms with Crippen LogP contribution in [-0.2, 0) is 19.0 Å². The SMILES string of the molecule is CCCCCCCCCCC/C=C\C/C=C\CC[C@@H](C(=O)OC)N(C(=O)OC(C)(C)C)C(=O)OC(C)(C)C. The second-order valence-corrected chi connectivity index (χ2v) is 11.7. The predicted octanol–water partition coefficient (Wildman–Crippen LogP) is 8.90. The number of carbonyl (C=O) groups excluding carboxylic acids is 3. The van der Waals surface area contributed by atoms with Crippen molar-refractivity contribution in [3.63, 3.8) is 0 Å². The average Bonchev–Trinajstić information content (AvgIpc) is 2.80. The van der Waals surface area contributed by atoms with Crippen molar-refractivity contribution >= 4 is 18.2 Å². The number of esters is 1. The van der Waals surface area contributed by atoms with Crippen LogP contribution in [0.4, 0.5) is 9.59 Å². The van der Waals surface area contributed by atoms with Crippen LogP contribution in [0.1, 0.15) is 132 Å². The Morgan fingerprint density at radius 3 is 1.58 bits per heavy atom. The van der Waals surface area contributed by atoms with Crippen LogP contribution >= 0.6 is 0 Å². The number of nitrogens with zero attached hydrogens (tertiary/aromatic N) is 1. The van der Waals surface area contributed by atoms with Gasteiger partial charge in [-0.05, 0) is 73.6 Å². The van der Waals surface area contributed by atoms with Crippen LogP contribution in [0.3, 0.4) is 0 Å². The quantitative estimate of drug-likeness (QED) is 0.0797. The normalized spacial score (nSPS) is 13.1. The van der Waals surface area contributed by atoms with Crippen LogP contribution in [0.5, 0.6) is 0 Å². The summed E-state index contributed by atoms with van der Waals surface area (Å²) in [6, 6.07) is -1.16. The molecule has 0 fully saturated rings. The third kappa shape index (κ3) is 18.9. The molecule has 0 aliphatic heterocycles. The molecule has 38 heavy (non-hydrogen) atoms. The maximum atomic E-state index is 12.9. The van der Waals surface area contributed by atoms with Crippen LogP contribution in [0.2, 0.25) is 0 Å². The molecule has 0 bridgehead atoms. The predicted molar refractivity (Wildman–Crippen MR) is 154 cm³/mol. The molecule has 0 spiro atoms. The van der Waals surface area contributed by atoms with E-state index < -0.39 is 35.4 Å². The highest BCUT2D eigenvalue weighted by molar-refractivity contribution is 5.94. The second kappa shape index (κ2) is 19.7. The minimum absolute atomic E-state index is 0.198. The Hall–Kier alpha value is -2.31. The van der Waals surface area contributed by atoms with Crippen molar-refractivity contribution in [2.24, 2.45) is 0 Å². The Labute approximate surface area is 232 Å². The standard InChI is InChI=1S/C31H55NO6/c1-9-10-11-12-13-14-15-16-17-18-19-20-21-22-23-24-25-26(27(33)36-8)32(28(34)37-30(2,3)4)29(35)38-31(5,6)7/h19-20,22-23,26H,9-18,21,24-25H2,1-8H3/b20-19-,23-22-/t26-/m0/s1. The number of carbonyl (C=O) groups is 3. The molecular formula is C31H55NO6. The molecule has 0 radical (unpaired) electrons. The minimum atomic E-state index is -1.16. The molecule has 0 rings (SSSR count). The highest BCUT2D eigenvalue weighted by atomic mass is 16.6. The van der Waals surface area contributed by atoms with Gasteiger partial charge in [0.2, 0.25) is 0 Å². The van der Waals surface area contributed by atoms with Crippen molar-refractivity contribution in [3.8, 4) is 0 Å². The van der Waals surface area contributed by atoms with Gasteiger partial charge in [0.1, 0.15) is 17.2 Å². The maximum Gasteiger partial charge on any atom is 0.420 e. The molecule has 0 saturated carbocycles. The molecule has 0 aromatic carbocycles. The van der Waals surface area contributed by atoms with Crippen LogP contribution < -0.4 is 0 Å². The highest BCUT2D eigenvalue weighted by Gasteiger charge is 2.40. The number of rotatable bonds is 17. The summed E-state index contributed by atoms with van der Waals surface area (Å²) in [4.78, 5) is 39.1. The van der Waals surface area contributed by atoms with E-state index in [0.29, 0.717) is 6.42 Å². The van der Waals surface area contributed by atoms with Crippen molar-refractivity contribution in [2.75, 3.05) is 7.11 Å². The van der Waals surface area contributed by atoms with Gasteiger partial charge in [0.15, 0.2) is 0 Å². The zero-order valence-electron chi connectivity index (χ0n) is 25.5. The highest BCUT2D eigenvalue weighted by Crippen LogP contribution is 2.20. The van der Waals surface area contributed by atoms with Crippen molar-refractivity contribution in [1.82, 2.24) is 4.90 Å². The Kier molecular flexibility index (Phi) is 18.5. The van der Waals surface area contributed by atoms with E-state index in [9.17, 15) is 14.4 Å². The fourth-order valence-electron chi connectivity index (χ4n) is 3.77. The molecule has 0 unspecified atom stereocenters. The van der Waals surface area contributed by atoms with Gasteiger partial charge < -0.3 is 14.2 Å². The molecule has 0 heterocycles. The first-order chi connectivity index (χ1) is 17.8. The van der Waals surface area contributed by atoms with Gasteiger partial charge in [0.05, 0.1) is 7.11 Å². The van der Waals surface area contributed by atoms with Gasteiger partial charge in [-0.25, -0.2) is 14.4 Å². The molecule has 0 aliphatic rings.